The standard InChI is InChI=1S/C16H26N2O2S/c1-5-12(3)14-16(19)18(8-11(2)9-20-4)15(17-14)13-6-7-21-10-13/h6-7,10-12,14-15,17H,5,8-9H2,1-4H3. The molecule has 0 saturated carbocycles. The molecular formula is C16H26N2O2S. The summed E-state index contributed by atoms with van der Waals surface area (Å²) in [5.74, 6) is 0.905. The predicted octanol–water partition coefficient (Wildman–Crippen LogP) is 2.88. The lowest BCUT2D eigenvalue weighted by Crippen LogP contribution is -2.37. The molecule has 1 aromatic heterocycles. The first-order chi connectivity index (χ1) is 10.1. The summed E-state index contributed by atoms with van der Waals surface area (Å²) in [6.07, 6.45) is 1.00. The van der Waals surface area contributed by atoms with Gasteiger partial charge < -0.3 is 9.64 Å². The third-order valence-electron chi connectivity index (χ3n) is 4.23. The third kappa shape index (κ3) is 3.65. The number of thiophene rings is 1. The number of nitrogens with zero attached hydrogens (tertiary/aromatic N) is 1. The smallest absolute Gasteiger partial charge is 0.241 e. The van der Waals surface area contributed by atoms with Gasteiger partial charge in [-0.3, -0.25) is 10.1 Å². The van der Waals surface area contributed by atoms with Crippen molar-refractivity contribution in [2.24, 2.45) is 11.8 Å². The van der Waals surface area contributed by atoms with Crippen LogP contribution < -0.4 is 5.32 Å². The zero-order valence-electron chi connectivity index (χ0n) is 13.3. The van der Waals surface area contributed by atoms with E-state index in [4.69, 9.17) is 4.74 Å². The molecule has 4 atom stereocenters. The van der Waals surface area contributed by atoms with Crippen molar-refractivity contribution in [3.8, 4) is 0 Å². The van der Waals surface area contributed by atoms with Gasteiger partial charge in [0.25, 0.3) is 0 Å². The van der Waals surface area contributed by atoms with Crippen LogP contribution in [0.25, 0.3) is 0 Å². The van der Waals surface area contributed by atoms with E-state index in [-0.39, 0.29) is 18.1 Å². The van der Waals surface area contributed by atoms with E-state index in [0.29, 0.717) is 18.4 Å². The molecule has 1 amide bonds. The van der Waals surface area contributed by atoms with E-state index in [1.54, 1.807) is 18.4 Å². The van der Waals surface area contributed by atoms with Gasteiger partial charge in [0.15, 0.2) is 0 Å². The molecule has 0 spiro atoms. The van der Waals surface area contributed by atoms with Crippen molar-refractivity contribution in [1.82, 2.24) is 10.2 Å². The minimum atomic E-state index is -0.0744. The number of methoxy groups -OCH3 is 1. The summed E-state index contributed by atoms with van der Waals surface area (Å²) in [5, 5.41) is 7.72. The number of hydrogen-bond donors (Lipinski definition) is 1. The molecule has 1 aliphatic rings. The topological polar surface area (TPSA) is 41.6 Å². The fourth-order valence-corrected chi connectivity index (χ4v) is 3.53. The molecule has 1 N–H and O–H groups in total. The lowest BCUT2D eigenvalue weighted by Gasteiger charge is -2.26. The van der Waals surface area contributed by atoms with Crippen LogP contribution in [-0.4, -0.2) is 37.1 Å². The first kappa shape index (κ1) is 16.5. The van der Waals surface area contributed by atoms with Crippen molar-refractivity contribution in [3.63, 3.8) is 0 Å². The Morgan fingerprint density at radius 3 is 2.81 bits per heavy atom. The van der Waals surface area contributed by atoms with Crippen molar-refractivity contribution in [1.29, 1.82) is 0 Å². The van der Waals surface area contributed by atoms with Crippen LogP contribution in [0.2, 0.25) is 0 Å². The van der Waals surface area contributed by atoms with E-state index in [9.17, 15) is 4.79 Å². The summed E-state index contributed by atoms with van der Waals surface area (Å²) < 4.78 is 5.21. The average molecular weight is 310 g/mol. The molecule has 5 heteroatoms. The van der Waals surface area contributed by atoms with Crippen LogP contribution in [0, 0.1) is 11.8 Å². The summed E-state index contributed by atoms with van der Waals surface area (Å²) in [7, 11) is 1.71. The van der Waals surface area contributed by atoms with Crippen molar-refractivity contribution in [3.05, 3.63) is 22.4 Å². The lowest BCUT2D eigenvalue weighted by molar-refractivity contribution is -0.131. The summed E-state index contributed by atoms with van der Waals surface area (Å²) in [4.78, 5) is 14.8. The molecule has 0 bridgehead atoms. The monoisotopic (exact) mass is 310 g/mol. The molecule has 1 saturated heterocycles. The highest BCUT2D eigenvalue weighted by atomic mass is 32.1. The number of ether oxygens (including phenoxy) is 1. The zero-order chi connectivity index (χ0) is 15.4. The highest BCUT2D eigenvalue weighted by Crippen LogP contribution is 2.30. The van der Waals surface area contributed by atoms with E-state index in [2.05, 4.69) is 42.9 Å². The van der Waals surface area contributed by atoms with E-state index < -0.39 is 0 Å². The van der Waals surface area contributed by atoms with Gasteiger partial charge in [0, 0.05) is 13.7 Å². The Kier molecular flexibility index (Phi) is 5.79. The van der Waals surface area contributed by atoms with Gasteiger partial charge in [-0.2, -0.15) is 11.3 Å². The molecule has 2 rings (SSSR count). The first-order valence-electron chi connectivity index (χ1n) is 7.66. The van der Waals surface area contributed by atoms with Gasteiger partial charge >= 0.3 is 0 Å². The fraction of sp³-hybridized carbons (Fsp3) is 0.688. The number of carbonyl (C=O) groups is 1. The maximum absolute atomic E-state index is 12.8. The summed E-state index contributed by atoms with van der Waals surface area (Å²) in [6, 6.07) is 2.03. The van der Waals surface area contributed by atoms with Crippen molar-refractivity contribution in [2.75, 3.05) is 20.3 Å². The second-order valence-corrected chi connectivity index (χ2v) is 6.82. The molecule has 0 aliphatic carbocycles. The Balaban J connectivity index is 2.17. The van der Waals surface area contributed by atoms with Gasteiger partial charge in [-0.15, -0.1) is 0 Å². The van der Waals surface area contributed by atoms with Crippen LogP contribution in [-0.2, 0) is 9.53 Å². The predicted molar refractivity (Wildman–Crippen MR) is 86.2 cm³/mol. The maximum atomic E-state index is 12.8. The quantitative estimate of drug-likeness (QED) is 0.842. The summed E-state index contributed by atoms with van der Waals surface area (Å²) in [5.41, 5.74) is 1.18. The molecule has 118 valence electrons. The molecular weight excluding hydrogens is 284 g/mol. The van der Waals surface area contributed by atoms with Crippen LogP contribution in [0.15, 0.2) is 16.8 Å². The molecule has 1 aliphatic heterocycles. The minimum Gasteiger partial charge on any atom is -0.384 e. The normalized spacial score (nSPS) is 25.3. The number of hydrogen-bond acceptors (Lipinski definition) is 4. The second kappa shape index (κ2) is 7.38. The van der Waals surface area contributed by atoms with E-state index in [1.807, 2.05) is 4.90 Å². The number of rotatable bonds is 7. The van der Waals surface area contributed by atoms with Crippen LogP contribution in [0.4, 0.5) is 0 Å². The Morgan fingerprint density at radius 2 is 2.24 bits per heavy atom. The molecule has 0 radical (unpaired) electrons. The van der Waals surface area contributed by atoms with Gasteiger partial charge in [0.05, 0.1) is 12.6 Å². The van der Waals surface area contributed by atoms with E-state index in [0.717, 1.165) is 13.0 Å². The van der Waals surface area contributed by atoms with Gasteiger partial charge in [-0.05, 0) is 34.2 Å². The number of carbonyl (C=O) groups excluding carboxylic acids is 1. The highest BCUT2D eigenvalue weighted by Gasteiger charge is 2.42. The Morgan fingerprint density at radius 1 is 1.48 bits per heavy atom. The Labute approximate surface area is 131 Å². The van der Waals surface area contributed by atoms with Crippen molar-refractivity contribution < 1.29 is 9.53 Å². The molecule has 2 heterocycles. The van der Waals surface area contributed by atoms with E-state index >= 15 is 0 Å². The van der Waals surface area contributed by atoms with Gasteiger partial charge in [-0.1, -0.05) is 27.2 Å². The van der Waals surface area contributed by atoms with Crippen LogP contribution >= 0.6 is 11.3 Å². The summed E-state index contributed by atoms with van der Waals surface area (Å²) in [6.45, 7) is 7.80. The Bertz CT molecular complexity index is 449. The maximum Gasteiger partial charge on any atom is 0.241 e. The average Bonchev–Trinajstić information content (AvgIpc) is 3.08. The SMILES string of the molecule is CCC(C)C1NC(c2ccsc2)N(CC(C)COC)C1=O. The molecule has 1 fully saturated rings. The fourth-order valence-electron chi connectivity index (χ4n) is 2.86. The zero-order valence-corrected chi connectivity index (χ0v) is 14.2. The highest BCUT2D eigenvalue weighted by molar-refractivity contribution is 7.07. The molecule has 4 nitrogen and oxygen atoms in total. The van der Waals surface area contributed by atoms with Crippen LogP contribution in [0.3, 0.4) is 0 Å². The van der Waals surface area contributed by atoms with Gasteiger partial charge in [0.1, 0.15) is 6.17 Å². The number of nitrogens with one attached hydrogen (secondary N) is 1. The van der Waals surface area contributed by atoms with Gasteiger partial charge in [0.2, 0.25) is 5.91 Å². The first-order valence-corrected chi connectivity index (χ1v) is 8.60. The lowest BCUT2D eigenvalue weighted by atomic mass is 9.99. The molecule has 1 aromatic rings. The molecule has 4 unspecified atom stereocenters. The van der Waals surface area contributed by atoms with Crippen molar-refractivity contribution >= 4 is 17.2 Å². The molecule has 21 heavy (non-hydrogen) atoms. The van der Waals surface area contributed by atoms with E-state index in [1.165, 1.54) is 5.56 Å². The Hall–Kier alpha value is -0.910. The van der Waals surface area contributed by atoms with Gasteiger partial charge in [-0.25, -0.2) is 0 Å². The third-order valence-corrected chi connectivity index (χ3v) is 4.93. The second-order valence-electron chi connectivity index (χ2n) is 6.04. The van der Waals surface area contributed by atoms with Crippen molar-refractivity contribution in [2.45, 2.75) is 39.4 Å². The minimum absolute atomic E-state index is 0.00190. The summed E-state index contributed by atoms with van der Waals surface area (Å²) >= 11 is 1.67. The largest absolute Gasteiger partial charge is 0.384 e. The molecule has 0 aromatic carbocycles. The van der Waals surface area contributed by atoms with Crippen LogP contribution in [0.1, 0.15) is 38.9 Å². The van der Waals surface area contributed by atoms with Crippen LogP contribution in [0.5, 0.6) is 0 Å². The number of amides is 1.